The van der Waals surface area contributed by atoms with Crippen LogP contribution >= 0.6 is 11.8 Å². The first-order chi connectivity index (χ1) is 12.1. The van der Waals surface area contributed by atoms with Gasteiger partial charge in [0.2, 0.25) is 5.91 Å². The summed E-state index contributed by atoms with van der Waals surface area (Å²) in [7, 11) is 0. The van der Waals surface area contributed by atoms with Gasteiger partial charge in [0.1, 0.15) is 5.25 Å². The van der Waals surface area contributed by atoms with E-state index < -0.39 is 16.9 Å². The van der Waals surface area contributed by atoms with Gasteiger partial charge in [-0.3, -0.25) is 4.79 Å². The molecule has 0 aliphatic carbocycles. The summed E-state index contributed by atoms with van der Waals surface area (Å²) in [6, 6.07) is 13.1. The summed E-state index contributed by atoms with van der Waals surface area (Å²) in [5, 5.41) is -0.498. The first-order valence-electron chi connectivity index (χ1n) is 8.24. The van der Waals surface area contributed by atoms with Crippen molar-refractivity contribution in [2.24, 2.45) is 11.7 Å². The number of amides is 1. The zero-order valence-corrected chi connectivity index (χ0v) is 14.5. The molecule has 0 spiro atoms. The number of rotatable bonds is 5. The van der Waals surface area contributed by atoms with Crippen LogP contribution in [0.5, 0.6) is 0 Å². The lowest BCUT2D eigenvalue weighted by atomic mass is 10.1. The molecule has 0 radical (unpaired) electrons. The molecular weight excluding hydrogens is 342 g/mol. The van der Waals surface area contributed by atoms with E-state index in [1.54, 1.807) is 0 Å². The Morgan fingerprint density at radius 1 is 1.20 bits per heavy atom. The molecule has 1 aliphatic heterocycles. The Labute approximate surface area is 150 Å². The number of benzene rings is 2. The minimum Gasteiger partial charge on any atom is -0.341 e. The summed E-state index contributed by atoms with van der Waals surface area (Å²) in [5.41, 5.74) is 6.56. The van der Waals surface area contributed by atoms with E-state index in [0.29, 0.717) is 30.4 Å². The first-order valence-corrected chi connectivity index (χ1v) is 9.12. The van der Waals surface area contributed by atoms with E-state index in [1.807, 2.05) is 35.2 Å². The number of likely N-dealkylation sites (tertiary alicyclic amines) is 1. The molecule has 0 aromatic heterocycles. The van der Waals surface area contributed by atoms with Crippen molar-refractivity contribution in [3.05, 3.63) is 65.7 Å². The largest absolute Gasteiger partial charge is 0.341 e. The molecule has 1 aliphatic rings. The van der Waals surface area contributed by atoms with E-state index >= 15 is 0 Å². The summed E-state index contributed by atoms with van der Waals surface area (Å²) < 4.78 is 26.7. The highest BCUT2D eigenvalue weighted by Gasteiger charge is 2.32. The van der Waals surface area contributed by atoms with Crippen molar-refractivity contribution in [2.75, 3.05) is 19.6 Å². The van der Waals surface area contributed by atoms with Gasteiger partial charge in [-0.05, 0) is 42.6 Å². The standard InChI is InChI=1S/C19H20F2N2OS/c20-16-7-6-15(10-17(16)21)25-18(14-4-2-1-3-5-14)19(24)23-9-8-13(11-22)12-23/h1-7,10,13,18H,8-9,11-12,22H2. The molecule has 3 rings (SSSR count). The van der Waals surface area contributed by atoms with Gasteiger partial charge in [0, 0.05) is 18.0 Å². The average Bonchev–Trinajstić information content (AvgIpc) is 3.12. The van der Waals surface area contributed by atoms with Gasteiger partial charge in [0.15, 0.2) is 11.6 Å². The van der Waals surface area contributed by atoms with Gasteiger partial charge in [-0.1, -0.05) is 30.3 Å². The van der Waals surface area contributed by atoms with Gasteiger partial charge >= 0.3 is 0 Å². The Morgan fingerprint density at radius 2 is 1.96 bits per heavy atom. The molecule has 3 nitrogen and oxygen atoms in total. The zero-order chi connectivity index (χ0) is 17.8. The first kappa shape index (κ1) is 17.9. The monoisotopic (exact) mass is 362 g/mol. The van der Waals surface area contributed by atoms with Crippen molar-refractivity contribution in [2.45, 2.75) is 16.6 Å². The van der Waals surface area contributed by atoms with Crippen molar-refractivity contribution < 1.29 is 13.6 Å². The third-order valence-corrected chi connectivity index (χ3v) is 5.64. The van der Waals surface area contributed by atoms with Crippen molar-refractivity contribution in [3.8, 4) is 0 Å². The van der Waals surface area contributed by atoms with Crippen LogP contribution in [0.3, 0.4) is 0 Å². The van der Waals surface area contributed by atoms with E-state index in [0.717, 1.165) is 24.1 Å². The van der Waals surface area contributed by atoms with E-state index in [2.05, 4.69) is 0 Å². The van der Waals surface area contributed by atoms with Gasteiger partial charge in [0.25, 0.3) is 0 Å². The minimum atomic E-state index is -0.909. The Kier molecular flexibility index (Phi) is 5.71. The molecule has 6 heteroatoms. The number of nitrogens with zero attached hydrogens (tertiary/aromatic N) is 1. The van der Waals surface area contributed by atoms with Crippen LogP contribution in [0.2, 0.25) is 0 Å². The molecule has 2 atom stereocenters. The van der Waals surface area contributed by atoms with Crippen LogP contribution in [-0.2, 0) is 4.79 Å². The maximum Gasteiger partial charge on any atom is 0.240 e. The van der Waals surface area contributed by atoms with E-state index in [-0.39, 0.29) is 5.91 Å². The Morgan fingerprint density at radius 3 is 2.60 bits per heavy atom. The Bertz CT molecular complexity index is 741. The molecular formula is C19H20F2N2OS. The topological polar surface area (TPSA) is 46.3 Å². The summed E-state index contributed by atoms with van der Waals surface area (Å²) in [6.45, 7) is 1.90. The fraction of sp³-hybridized carbons (Fsp3) is 0.316. The highest BCUT2D eigenvalue weighted by atomic mass is 32.2. The van der Waals surface area contributed by atoms with Crippen LogP contribution < -0.4 is 5.73 Å². The third-order valence-electron chi connectivity index (χ3n) is 4.40. The van der Waals surface area contributed by atoms with E-state index in [9.17, 15) is 13.6 Å². The fourth-order valence-corrected chi connectivity index (χ4v) is 4.10. The van der Waals surface area contributed by atoms with Crippen molar-refractivity contribution >= 4 is 17.7 Å². The molecule has 132 valence electrons. The van der Waals surface area contributed by atoms with E-state index in [4.69, 9.17) is 5.73 Å². The number of halogens is 2. The average molecular weight is 362 g/mol. The van der Waals surface area contributed by atoms with Gasteiger partial charge < -0.3 is 10.6 Å². The summed E-state index contributed by atoms with van der Waals surface area (Å²) in [6.07, 6.45) is 0.902. The number of nitrogens with two attached hydrogens (primary N) is 1. The van der Waals surface area contributed by atoms with Crippen molar-refractivity contribution in [1.29, 1.82) is 0 Å². The predicted molar refractivity (Wildman–Crippen MR) is 95.1 cm³/mol. The molecule has 1 saturated heterocycles. The lowest BCUT2D eigenvalue weighted by Gasteiger charge is -2.23. The maximum absolute atomic E-state index is 13.5. The van der Waals surface area contributed by atoms with Crippen LogP contribution in [0.1, 0.15) is 17.2 Å². The summed E-state index contributed by atoms with van der Waals surface area (Å²) >= 11 is 1.24. The summed E-state index contributed by atoms with van der Waals surface area (Å²) in [5.74, 6) is -1.49. The molecule has 2 aromatic carbocycles. The normalized spacial score (nSPS) is 18.4. The molecule has 2 N–H and O–H groups in total. The molecule has 25 heavy (non-hydrogen) atoms. The number of hydrogen-bond acceptors (Lipinski definition) is 3. The fourth-order valence-electron chi connectivity index (χ4n) is 2.97. The van der Waals surface area contributed by atoms with Gasteiger partial charge in [-0.25, -0.2) is 8.78 Å². The number of carbonyl (C=O) groups is 1. The maximum atomic E-state index is 13.5. The Hall–Kier alpha value is -1.92. The molecule has 2 aromatic rings. The number of thioether (sulfide) groups is 1. The predicted octanol–water partition coefficient (Wildman–Crippen LogP) is 3.61. The molecule has 1 fully saturated rings. The second-order valence-corrected chi connectivity index (χ2v) is 7.34. The third kappa shape index (κ3) is 4.19. The quantitative estimate of drug-likeness (QED) is 0.827. The molecule has 0 saturated carbocycles. The van der Waals surface area contributed by atoms with Gasteiger partial charge in [-0.15, -0.1) is 11.8 Å². The second kappa shape index (κ2) is 7.97. The van der Waals surface area contributed by atoms with Crippen LogP contribution in [0.25, 0.3) is 0 Å². The summed E-state index contributed by atoms with van der Waals surface area (Å²) in [4.78, 5) is 15.4. The van der Waals surface area contributed by atoms with E-state index in [1.165, 1.54) is 17.8 Å². The lowest BCUT2D eigenvalue weighted by Crippen LogP contribution is -2.33. The van der Waals surface area contributed by atoms with Crippen LogP contribution in [-0.4, -0.2) is 30.4 Å². The Balaban J connectivity index is 1.85. The van der Waals surface area contributed by atoms with Gasteiger partial charge in [0.05, 0.1) is 0 Å². The minimum absolute atomic E-state index is 0.0168. The SMILES string of the molecule is NCC1CCN(C(=O)C(Sc2ccc(F)c(F)c2)c2ccccc2)C1. The highest BCUT2D eigenvalue weighted by molar-refractivity contribution is 8.00. The van der Waals surface area contributed by atoms with Crippen molar-refractivity contribution in [1.82, 2.24) is 4.90 Å². The van der Waals surface area contributed by atoms with Gasteiger partial charge in [-0.2, -0.15) is 0 Å². The van der Waals surface area contributed by atoms with Crippen LogP contribution in [0.4, 0.5) is 8.78 Å². The van der Waals surface area contributed by atoms with Crippen molar-refractivity contribution in [3.63, 3.8) is 0 Å². The number of carbonyl (C=O) groups excluding carboxylic acids is 1. The second-order valence-electron chi connectivity index (χ2n) is 6.16. The molecule has 0 bridgehead atoms. The van der Waals surface area contributed by atoms with Crippen LogP contribution in [0, 0.1) is 17.6 Å². The zero-order valence-electron chi connectivity index (χ0n) is 13.7. The van der Waals surface area contributed by atoms with Crippen LogP contribution in [0.15, 0.2) is 53.4 Å². The molecule has 1 heterocycles. The lowest BCUT2D eigenvalue weighted by molar-refractivity contribution is -0.129. The molecule has 2 unspecified atom stereocenters. The highest BCUT2D eigenvalue weighted by Crippen LogP contribution is 2.38. The number of hydrogen-bond donors (Lipinski definition) is 1. The molecule has 1 amide bonds. The smallest absolute Gasteiger partial charge is 0.240 e.